The first-order valence-electron chi connectivity index (χ1n) is 4.44. The van der Waals surface area contributed by atoms with Crippen molar-refractivity contribution in [3.8, 4) is 11.8 Å². The molecular weight excluding hydrogens is 212 g/mol. The van der Waals surface area contributed by atoms with Gasteiger partial charge < -0.3 is 4.74 Å². The average molecular weight is 222 g/mol. The molecule has 0 aliphatic rings. The van der Waals surface area contributed by atoms with Crippen molar-refractivity contribution in [2.45, 2.75) is 13.3 Å². The molecule has 0 unspecified atom stereocenters. The van der Waals surface area contributed by atoms with E-state index in [2.05, 4.69) is 11.8 Å². The zero-order valence-corrected chi connectivity index (χ0v) is 9.10. The van der Waals surface area contributed by atoms with Crippen LogP contribution in [0.1, 0.15) is 28.6 Å². The van der Waals surface area contributed by atoms with E-state index >= 15 is 0 Å². The second-order valence-corrected chi connectivity index (χ2v) is 3.58. The summed E-state index contributed by atoms with van der Waals surface area (Å²) in [5.41, 5.74) is 0.756. The molecule has 0 amide bonds. The van der Waals surface area contributed by atoms with Crippen molar-refractivity contribution in [3.05, 3.63) is 21.9 Å². The SMILES string of the molecule is CCOC(=O)CC#Cc1csc(C=O)c1. The maximum Gasteiger partial charge on any atom is 0.317 e. The largest absolute Gasteiger partial charge is 0.465 e. The summed E-state index contributed by atoms with van der Waals surface area (Å²) in [6.07, 6.45) is 0.862. The lowest BCUT2D eigenvalue weighted by Gasteiger charge is -1.94. The van der Waals surface area contributed by atoms with E-state index in [1.165, 1.54) is 11.3 Å². The first-order valence-corrected chi connectivity index (χ1v) is 5.32. The summed E-state index contributed by atoms with van der Waals surface area (Å²) in [7, 11) is 0. The third kappa shape index (κ3) is 3.96. The first kappa shape index (κ1) is 11.5. The van der Waals surface area contributed by atoms with Crippen LogP contribution in [-0.4, -0.2) is 18.9 Å². The Morgan fingerprint density at radius 3 is 3.07 bits per heavy atom. The zero-order valence-electron chi connectivity index (χ0n) is 8.28. The topological polar surface area (TPSA) is 43.4 Å². The molecule has 0 atom stereocenters. The van der Waals surface area contributed by atoms with Crippen LogP contribution in [0.3, 0.4) is 0 Å². The van der Waals surface area contributed by atoms with E-state index in [9.17, 15) is 9.59 Å². The van der Waals surface area contributed by atoms with E-state index in [1.54, 1.807) is 18.4 Å². The van der Waals surface area contributed by atoms with Crippen molar-refractivity contribution >= 4 is 23.6 Å². The Labute approximate surface area is 92.1 Å². The van der Waals surface area contributed by atoms with Gasteiger partial charge in [-0.3, -0.25) is 9.59 Å². The van der Waals surface area contributed by atoms with Crippen molar-refractivity contribution in [1.29, 1.82) is 0 Å². The fourth-order valence-corrected chi connectivity index (χ4v) is 1.55. The molecule has 0 aliphatic heterocycles. The van der Waals surface area contributed by atoms with Crippen LogP contribution in [0.25, 0.3) is 0 Å². The summed E-state index contributed by atoms with van der Waals surface area (Å²) in [5, 5.41) is 1.78. The lowest BCUT2D eigenvalue weighted by Crippen LogP contribution is -2.01. The summed E-state index contributed by atoms with van der Waals surface area (Å²) in [4.78, 5) is 21.9. The van der Waals surface area contributed by atoms with Gasteiger partial charge in [0.1, 0.15) is 6.42 Å². The van der Waals surface area contributed by atoms with Gasteiger partial charge in [0.05, 0.1) is 11.5 Å². The average Bonchev–Trinajstić information content (AvgIpc) is 2.66. The third-order valence-electron chi connectivity index (χ3n) is 1.51. The van der Waals surface area contributed by atoms with Crippen LogP contribution >= 0.6 is 11.3 Å². The van der Waals surface area contributed by atoms with Crippen LogP contribution in [0.2, 0.25) is 0 Å². The minimum Gasteiger partial charge on any atom is -0.465 e. The van der Waals surface area contributed by atoms with Gasteiger partial charge in [0, 0.05) is 10.9 Å². The Balaban J connectivity index is 2.50. The van der Waals surface area contributed by atoms with Gasteiger partial charge in [-0.25, -0.2) is 0 Å². The third-order valence-corrected chi connectivity index (χ3v) is 2.36. The zero-order chi connectivity index (χ0) is 11.1. The fourth-order valence-electron chi connectivity index (χ4n) is 0.911. The number of thiophene rings is 1. The quantitative estimate of drug-likeness (QED) is 0.445. The van der Waals surface area contributed by atoms with Gasteiger partial charge in [-0.05, 0) is 13.0 Å². The lowest BCUT2D eigenvalue weighted by molar-refractivity contribution is -0.141. The fraction of sp³-hybridized carbons (Fsp3) is 0.273. The minimum atomic E-state index is -0.323. The number of ether oxygens (including phenoxy) is 1. The maximum absolute atomic E-state index is 10.9. The highest BCUT2D eigenvalue weighted by molar-refractivity contribution is 7.11. The highest BCUT2D eigenvalue weighted by Gasteiger charge is 1.97. The molecule has 4 heteroatoms. The number of carbonyl (C=O) groups is 2. The molecular formula is C11H10O3S. The summed E-state index contributed by atoms with van der Waals surface area (Å²) < 4.78 is 4.71. The van der Waals surface area contributed by atoms with Gasteiger partial charge in [0.25, 0.3) is 0 Å². The van der Waals surface area contributed by atoms with Crippen LogP contribution in [0.4, 0.5) is 0 Å². The van der Waals surface area contributed by atoms with Gasteiger partial charge in [-0.1, -0.05) is 11.8 Å². The van der Waals surface area contributed by atoms with E-state index in [1.807, 2.05) is 0 Å². The Kier molecular flexibility index (Phi) is 4.58. The van der Waals surface area contributed by atoms with Crippen molar-refractivity contribution in [2.24, 2.45) is 0 Å². The van der Waals surface area contributed by atoms with Gasteiger partial charge in [0.15, 0.2) is 6.29 Å². The van der Waals surface area contributed by atoms with E-state index in [0.717, 1.165) is 11.8 Å². The second-order valence-electron chi connectivity index (χ2n) is 2.64. The number of esters is 1. The minimum absolute atomic E-state index is 0.0834. The van der Waals surface area contributed by atoms with Crippen molar-refractivity contribution in [3.63, 3.8) is 0 Å². The Bertz CT molecular complexity index is 409. The predicted octanol–water partition coefficient (Wildman–Crippen LogP) is 1.87. The number of hydrogen-bond acceptors (Lipinski definition) is 4. The molecule has 78 valence electrons. The molecule has 0 N–H and O–H groups in total. The van der Waals surface area contributed by atoms with Crippen molar-refractivity contribution in [2.75, 3.05) is 6.61 Å². The Morgan fingerprint density at radius 1 is 1.67 bits per heavy atom. The molecule has 0 aliphatic carbocycles. The lowest BCUT2D eigenvalue weighted by atomic mass is 10.3. The molecule has 0 saturated carbocycles. The molecule has 15 heavy (non-hydrogen) atoms. The molecule has 1 aromatic rings. The molecule has 0 spiro atoms. The monoisotopic (exact) mass is 222 g/mol. The standard InChI is InChI=1S/C11H10O3S/c1-2-14-11(13)5-3-4-9-6-10(7-12)15-8-9/h6-8H,2,5H2,1H3. The van der Waals surface area contributed by atoms with E-state index in [4.69, 9.17) is 4.74 Å². The highest BCUT2D eigenvalue weighted by atomic mass is 32.1. The maximum atomic E-state index is 10.9. The number of carbonyl (C=O) groups excluding carboxylic acids is 2. The smallest absolute Gasteiger partial charge is 0.317 e. The van der Waals surface area contributed by atoms with Crippen LogP contribution in [-0.2, 0) is 9.53 Å². The number of hydrogen-bond donors (Lipinski definition) is 0. The molecule has 0 aromatic carbocycles. The normalized spacial score (nSPS) is 8.87. The second kappa shape index (κ2) is 5.99. The van der Waals surface area contributed by atoms with Crippen molar-refractivity contribution in [1.82, 2.24) is 0 Å². The van der Waals surface area contributed by atoms with E-state index < -0.39 is 0 Å². The van der Waals surface area contributed by atoms with Gasteiger partial charge in [-0.2, -0.15) is 0 Å². The van der Waals surface area contributed by atoms with E-state index in [0.29, 0.717) is 11.5 Å². The van der Waals surface area contributed by atoms with E-state index in [-0.39, 0.29) is 12.4 Å². The highest BCUT2D eigenvalue weighted by Crippen LogP contribution is 2.10. The summed E-state index contributed by atoms with van der Waals surface area (Å²) in [5.74, 6) is 5.16. The molecule has 0 bridgehead atoms. The first-order chi connectivity index (χ1) is 7.26. The van der Waals surface area contributed by atoms with Crippen LogP contribution in [0.15, 0.2) is 11.4 Å². The van der Waals surface area contributed by atoms with Gasteiger partial charge in [-0.15, -0.1) is 11.3 Å². The van der Waals surface area contributed by atoms with Crippen LogP contribution in [0, 0.1) is 11.8 Å². The molecule has 1 heterocycles. The molecule has 0 radical (unpaired) electrons. The van der Waals surface area contributed by atoms with Gasteiger partial charge >= 0.3 is 5.97 Å². The van der Waals surface area contributed by atoms with Gasteiger partial charge in [0.2, 0.25) is 0 Å². The van der Waals surface area contributed by atoms with Crippen molar-refractivity contribution < 1.29 is 14.3 Å². The molecule has 1 aromatic heterocycles. The summed E-state index contributed by atoms with van der Waals surface area (Å²) >= 11 is 1.33. The Morgan fingerprint density at radius 2 is 2.47 bits per heavy atom. The number of rotatable bonds is 3. The number of aldehydes is 1. The molecule has 1 rings (SSSR count). The van der Waals surface area contributed by atoms with Crippen LogP contribution < -0.4 is 0 Å². The summed E-state index contributed by atoms with van der Waals surface area (Å²) in [6.45, 7) is 2.12. The van der Waals surface area contributed by atoms with Crippen LogP contribution in [0.5, 0.6) is 0 Å². The molecule has 3 nitrogen and oxygen atoms in total. The predicted molar refractivity (Wildman–Crippen MR) is 57.8 cm³/mol. The summed E-state index contributed by atoms with van der Waals surface area (Å²) in [6, 6.07) is 1.69. The molecule has 0 saturated heterocycles. The molecule has 0 fully saturated rings. The Hall–Kier alpha value is -1.60.